The monoisotopic (exact) mass is 293 g/mol. The first-order valence-corrected chi connectivity index (χ1v) is 8.68. The normalized spacial score (nSPS) is 26.4. The van der Waals surface area contributed by atoms with Gasteiger partial charge in [0.2, 0.25) is 0 Å². The zero-order valence-corrected chi connectivity index (χ0v) is 12.9. The van der Waals surface area contributed by atoms with E-state index in [1.54, 1.807) is 7.11 Å². The molecule has 2 aliphatic rings. The molecule has 2 aliphatic heterocycles. The molecule has 0 spiro atoms. The summed E-state index contributed by atoms with van der Waals surface area (Å²) in [6.07, 6.45) is 5.28. The number of benzene rings is 1. The van der Waals surface area contributed by atoms with Gasteiger partial charge < -0.3 is 14.8 Å². The van der Waals surface area contributed by atoms with Crippen molar-refractivity contribution in [2.24, 2.45) is 0 Å². The Morgan fingerprint density at radius 3 is 2.85 bits per heavy atom. The lowest BCUT2D eigenvalue weighted by molar-refractivity contribution is 0.218. The molecule has 2 fully saturated rings. The van der Waals surface area contributed by atoms with Crippen molar-refractivity contribution in [2.45, 2.75) is 37.8 Å². The largest absolute Gasteiger partial charge is 0.493 e. The highest BCUT2D eigenvalue weighted by molar-refractivity contribution is 7.99. The summed E-state index contributed by atoms with van der Waals surface area (Å²) in [7, 11) is 1.71. The van der Waals surface area contributed by atoms with Crippen LogP contribution in [0.4, 0.5) is 0 Å². The molecule has 0 aliphatic carbocycles. The number of ether oxygens (including phenoxy) is 2. The Kier molecular flexibility index (Phi) is 4.73. The summed E-state index contributed by atoms with van der Waals surface area (Å²) in [4.78, 5) is 0. The van der Waals surface area contributed by atoms with E-state index in [4.69, 9.17) is 9.47 Å². The van der Waals surface area contributed by atoms with Crippen molar-refractivity contribution in [2.75, 3.05) is 25.2 Å². The summed E-state index contributed by atoms with van der Waals surface area (Å²) in [5.41, 5.74) is 1.33. The molecule has 1 aromatic carbocycles. The average Bonchev–Trinajstić information content (AvgIpc) is 3.01. The SMILES string of the molecule is COc1ccc(C2CCCCN2)cc1OC1CCSC1. The third-order valence-corrected chi connectivity index (χ3v) is 5.21. The molecule has 110 valence electrons. The quantitative estimate of drug-likeness (QED) is 0.922. The maximum atomic E-state index is 6.16. The van der Waals surface area contributed by atoms with E-state index in [2.05, 4.69) is 17.4 Å². The standard InChI is InChI=1S/C16H23NO2S/c1-18-15-6-5-12(14-4-2-3-8-17-14)10-16(15)19-13-7-9-20-11-13/h5-6,10,13-14,17H,2-4,7-9,11H2,1H3. The van der Waals surface area contributed by atoms with E-state index in [0.29, 0.717) is 12.1 Å². The minimum absolute atomic E-state index is 0.337. The van der Waals surface area contributed by atoms with Gasteiger partial charge in [-0.3, -0.25) is 0 Å². The summed E-state index contributed by atoms with van der Waals surface area (Å²) in [6.45, 7) is 1.12. The van der Waals surface area contributed by atoms with Crippen LogP contribution < -0.4 is 14.8 Å². The Morgan fingerprint density at radius 2 is 2.15 bits per heavy atom. The van der Waals surface area contributed by atoms with Crippen LogP contribution in [0.1, 0.15) is 37.3 Å². The van der Waals surface area contributed by atoms with Crippen LogP contribution in [0.25, 0.3) is 0 Å². The van der Waals surface area contributed by atoms with Gasteiger partial charge in [0.15, 0.2) is 11.5 Å². The number of nitrogens with one attached hydrogen (secondary N) is 1. The Labute approximate surface area is 125 Å². The minimum Gasteiger partial charge on any atom is -0.493 e. The topological polar surface area (TPSA) is 30.5 Å². The molecule has 0 radical (unpaired) electrons. The van der Waals surface area contributed by atoms with E-state index in [1.807, 2.05) is 17.8 Å². The van der Waals surface area contributed by atoms with E-state index in [0.717, 1.165) is 30.2 Å². The van der Waals surface area contributed by atoms with Crippen LogP contribution in [0.5, 0.6) is 11.5 Å². The minimum atomic E-state index is 0.337. The van der Waals surface area contributed by atoms with E-state index >= 15 is 0 Å². The number of hydrogen-bond acceptors (Lipinski definition) is 4. The molecule has 0 bridgehead atoms. The van der Waals surface area contributed by atoms with Crippen LogP contribution in [0.2, 0.25) is 0 Å². The van der Waals surface area contributed by atoms with Gasteiger partial charge in [0, 0.05) is 11.8 Å². The fraction of sp³-hybridized carbons (Fsp3) is 0.625. The van der Waals surface area contributed by atoms with E-state index < -0.39 is 0 Å². The van der Waals surface area contributed by atoms with Gasteiger partial charge in [-0.05, 0) is 49.3 Å². The highest BCUT2D eigenvalue weighted by Gasteiger charge is 2.21. The van der Waals surface area contributed by atoms with Crippen LogP contribution in [0, 0.1) is 0 Å². The van der Waals surface area contributed by atoms with Crippen molar-refractivity contribution in [3.05, 3.63) is 23.8 Å². The summed E-state index contributed by atoms with van der Waals surface area (Å²) < 4.78 is 11.6. The highest BCUT2D eigenvalue weighted by atomic mass is 32.2. The van der Waals surface area contributed by atoms with E-state index in [-0.39, 0.29) is 0 Å². The second kappa shape index (κ2) is 6.72. The van der Waals surface area contributed by atoms with Gasteiger partial charge in [0.1, 0.15) is 6.10 Å². The predicted octanol–water partition coefficient (Wildman–Crippen LogP) is 3.39. The molecular formula is C16H23NO2S. The van der Waals surface area contributed by atoms with Crippen molar-refractivity contribution >= 4 is 11.8 Å². The summed E-state index contributed by atoms with van der Waals surface area (Å²) >= 11 is 1.97. The molecule has 4 heteroatoms. The first-order chi connectivity index (χ1) is 9.86. The molecule has 3 rings (SSSR count). The van der Waals surface area contributed by atoms with Crippen LogP contribution in [0.3, 0.4) is 0 Å². The molecule has 2 unspecified atom stereocenters. The summed E-state index contributed by atoms with van der Waals surface area (Å²) in [5, 5.41) is 3.59. The smallest absolute Gasteiger partial charge is 0.161 e. The average molecular weight is 293 g/mol. The lowest BCUT2D eigenvalue weighted by Gasteiger charge is -2.25. The fourth-order valence-electron chi connectivity index (χ4n) is 2.92. The number of rotatable bonds is 4. The van der Waals surface area contributed by atoms with Crippen molar-refractivity contribution < 1.29 is 9.47 Å². The number of hydrogen-bond donors (Lipinski definition) is 1. The maximum absolute atomic E-state index is 6.16. The highest BCUT2D eigenvalue weighted by Crippen LogP contribution is 2.34. The first kappa shape index (κ1) is 14.1. The predicted molar refractivity (Wildman–Crippen MR) is 83.9 cm³/mol. The van der Waals surface area contributed by atoms with Gasteiger partial charge in [0.05, 0.1) is 7.11 Å². The zero-order chi connectivity index (χ0) is 13.8. The molecule has 1 aromatic rings. The van der Waals surface area contributed by atoms with E-state index in [9.17, 15) is 0 Å². The van der Waals surface area contributed by atoms with Gasteiger partial charge in [0.25, 0.3) is 0 Å². The Hall–Kier alpha value is -0.870. The molecular weight excluding hydrogens is 270 g/mol. The van der Waals surface area contributed by atoms with Gasteiger partial charge in [-0.2, -0.15) is 11.8 Å². The Bertz CT molecular complexity index is 440. The van der Waals surface area contributed by atoms with Gasteiger partial charge in [-0.1, -0.05) is 12.5 Å². The molecule has 0 amide bonds. The summed E-state index contributed by atoms with van der Waals surface area (Å²) in [6, 6.07) is 6.85. The molecule has 2 heterocycles. The van der Waals surface area contributed by atoms with Crippen molar-refractivity contribution in [3.63, 3.8) is 0 Å². The van der Waals surface area contributed by atoms with Gasteiger partial charge in [-0.15, -0.1) is 0 Å². The molecule has 0 saturated carbocycles. The number of piperidine rings is 1. The maximum Gasteiger partial charge on any atom is 0.161 e. The zero-order valence-electron chi connectivity index (χ0n) is 12.1. The summed E-state index contributed by atoms with van der Waals surface area (Å²) in [5.74, 6) is 4.05. The number of thioether (sulfide) groups is 1. The third-order valence-electron chi connectivity index (χ3n) is 4.08. The molecule has 1 N–H and O–H groups in total. The fourth-order valence-corrected chi connectivity index (χ4v) is 4.02. The molecule has 0 aromatic heterocycles. The first-order valence-electron chi connectivity index (χ1n) is 7.52. The second-order valence-corrected chi connectivity index (χ2v) is 6.67. The molecule has 2 saturated heterocycles. The van der Waals surface area contributed by atoms with Crippen molar-refractivity contribution in [1.29, 1.82) is 0 Å². The second-order valence-electron chi connectivity index (χ2n) is 5.52. The van der Waals surface area contributed by atoms with Crippen molar-refractivity contribution in [3.8, 4) is 11.5 Å². The Balaban J connectivity index is 1.78. The van der Waals surface area contributed by atoms with Crippen molar-refractivity contribution in [1.82, 2.24) is 5.32 Å². The third kappa shape index (κ3) is 3.23. The molecule has 3 nitrogen and oxygen atoms in total. The lowest BCUT2D eigenvalue weighted by Crippen LogP contribution is -2.26. The van der Waals surface area contributed by atoms with Crippen LogP contribution in [-0.4, -0.2) is 31.3 Å². The van der Waals surface area contributed by atoms with Crippen LogP contribution in [0.15, 0.2) is 18.2 Å². The van der Waals surface area contributed by atoms with Gasteiger partial charge in [-0.25, -0.2) is 0 Å². The van der Waals surface area contributed by atoms with Gasteiger partial charge >= 0.3 is 0 Å². The van der Waals surface area contributed by atoms with Crippen LogP contribution in [-0.2, 0) is 0 Å². The number of methoxy groups -OCH3 is 1. The lowest BCUT2D eigenvalue weighted by atomic mass is 9.97. The van der Waals surface area contributed by atoms with Crippen LogP contribution >= 0.6 is 11.8 Å². The molecule has 20 heavy (non-hydrogen) atoms. The molecule has 2 atom stereocenters. The Morgan fingerprint density at radius 1 is 1.20 bits per heavy atom. The van der Waals surface area contributed by atoms with E-state index in [1.165, 1.54) is 30.6 Å².